The third-order valence-corrected chi connectivity index (χ3v) is 15.8. The number of benzene rings is 12. The minimum atomic E-state index is -0.807. The van der Waals surface area contributed by atoms with Crippen LogP contribution in [0, 0.1) is 13.8 Å². The van der Waals surface area contributed by atoms with Crippen LogP contribution in [0.15, 0.2) is 264 Å². The van der Waals surface area contributed by atoms with E-state index in [4.69, 9.17) is 8.83 Å². The van der Waals surface area contributed by atoms with Crippen LogP contribution in [0.5, 0.6) is 0 Å². The molecule has 0 unspecified atom stereocenters. The van der Waals surface area contributed by atoms with Crippen LogP contribution in [-0.2, 0) is 5.41 Å². The summed E-state index contributed by atoms with van der Waals surface area (Å²) in [4.78, 5) is 4.89. The number of aryl methyl sites for hydroxylation is 2. The van der Waals surface area contributed by atoms with Gasteiger partial charge < -0.3 is 18.6 Å². The Kier molecular flexibility index (Phi) is 9.58. The monoisotopic (exact) mass is 960 g/mol. The summed E-state index contributed by atoms with van der Waals surface area (Å²) < 4.78 is 13.9. The van der Waals surface area contributed by atoms with E-state index in [1.54, 1.807) is 0 Å². The number of fused-ring (bicyclic) bond motifs is 13. The second kappa shape index (κ2) is 16.7. The molecule has 0 aliphatic heterocycles. The van der Waals surface area contributed by atoms with Gasteiger partial charge in [-0.25, -0.2) is 0 Å². The first-order valence-corrected chi connectivity index (χ1v) is 25.8. The highest BCUT2D eigenvalue weighted by Gasteiger charge is 2.49. The van der Waals surface area contributed by atoms with Crippen molar-refractivity contribution in [3.63, 3.8) is 0 Å². The maximum atomic E-state index is 6.93. The molecule has 0 fully saturated rings. The number of rotatable bonds is 8. The van der Waals surface area contributed by atoms with Crippen LogP contribution in [-0.4, -0.2) is 0 Å². The van der Waals surface area contributed by atoms with Gasteiger partial charge in [-0.05, 0) is 130 Å². The molecule has 4 nitrogen and oxygen atoms in total. The number of hydrogen-bond acceptors (Lipinski definition) is 4. The molecule has 0 spiro atoms. The van der Waals surface area contributed by atoms with Crippen LogP contribution >= 0.6 is 0 Å². The van der Waals surface area contributed by atoms with Crippen LogP contribution in [0.3, 0.4) is 0 Å². The maximum absolute atomic E-state index is 6.93. The number of para-hydroxylation sites is 4. The van der Waals surface area contributed by atoms with Crippen LogP contribution in [0.25, 0.3) is 76.5 Å². The molecule has 354 valence electrons. The Bertz CT molecular complexity index is 4290. The van der Waals surface area contributed by atoms with E-state index in [1.165, 1.54) is 55.3 Å². The molecule has 15 rings (SSSR count). The van der Waals surface area contributed by atoms with Gasteiger partial charge >= 0.3 is 0 Å². The van der Waals surface area contributed by atoms with Crippen molar-refractivity contribution in [3.05, 3.63) is 288 Å². The zero-order valence-corrected chi connectivity index (χ0v) is 41.5. The van der Waals surface area contributed by atoms with Crippen molar-refractivity contribution in [1.29, 1.82) is 0 Å². The van der Waals surface area contributed by atoms with Crippen molar-refractivity contribution in [2.24, 2.45) is 0 Å². The number of furan rings is 2. The minimum absolute atomic E-state index is 0.807. The molecule has 0 amide bonds. The summed E-state index contributed by atoms with van der Waals surface area (Å²) in [5.41, 5.74) is 18.4. The summed E-state index contributed by atoms with van der Waals surface area (Å²) in [7, 11) is 0. The van der Waals surface area contributed by atoms with Gasteiger partial charge in [0.25, 0.3) is 0 Å². The van der Waals surface area contributed by atoms with Crippen molar-refractivity contribution in [2.45, 2.75) is 19.3 Å². The first kappa shape index (κ1) is 43.0. The fourth-order valence-electron chi connectivity index (χ4n) is 12.7. The minimum Gasteiger partial charge on any atom is -0.454 e. The van der Waals surface area contributed by atoms with E-state index in [2.05, 4.69) is 278 Å². The lowest BCUT2D eigenvalue weighted by atomic mass is 9.67. The van der Waals surface area contributed by atoms with E-state index < -0.39 is 5.41 Å². The molecule has 1 aliphatic carbocycles. The first-order chi connectivity index (χ1) is 37.0. The van der Waals surface area contributed by atoms with Crippen LogP contribution < -0.4 is 9.80 Å². The zero-order valence-electron chi connectivity index (χ0n) is 41.5. The number of nitrogens with zero attached hydrogens (tertiary/aromatic N) is 2. The van der Waals surface area contributed by atoms with E-state index in [1.807, 2.05) is 0 Å². The van der Waals surface area contributed by atoms with E-state index in [-0.39, 0.29) is 0 Å². The molecule has 2 aromatic heterocycles. The molecule has 75 heavy (non-hydrogen) atoms. The highest BCUT2D eigenvalue weighted by molar-refractivity contribution is 6.20. The Balaban J connectivity index is 1.11. The molecule has 0 atom stereocenters. The SMILES string of the molecule is Cc1cccc(N(c2cc3c(c4ccccc24)-c2c(cc(N(c4cccc(C)c4)c4cccc5c4oc4ccccc45)c4ccccc24)C3(c2ccccc2)c2ccccc2)c2cccc3c2oc2ccccc23)c1. The van der Waals surface area contributed by atoms with Gasteiger partial charge in [-0.3, -0.25) is 0 Å². The molecule has 0 bridgehead atoms. The zero-order chi connectivity index (χ0) is 49.8. The fraction of sp³-hybridized carbons (Fsp3) is 0.0423. The summed E-state index contributed by atoms with van der Waals surface area (Å²) in [6.07, 6.45) is 0. The molecule has 0 radical (unpaired) electrons. The first-order valence-electron chi connectivity index (χ1n) is 25.8. The topological polar surface area (TPSA) is 32.8 Å². The number of hydrogen-bond donors (Lipinski definition) is 0. The largest absolute Gasteiger partial charge is 0.454 e. The quantitative estimate of drug-likeness (QED) is 0.152. The summed E-state index contributed by atoms with van der Waals surface area (Å²) in [5.74, 6) is 0. The lowest BCUT2D eigenvalue weighted by Gasteiger charge is -2.36. The predicted octanol–water partition coefficient (Wildman–Crippen LogP) is 19.7. The summed E-state index contributed by atoms with van der Waals surface area (Å²) in [6.45, 7) is 4.35. The Morgan fingerprint density at radius 1 is 0.293 bits per heavy atom. The Hall–Kier alpha value is -9.64. The molecular formula is C71H48N2O2. The third-order valence-electron chi connectivity index (χ3n) is 15.8. The lowest BCUT2D eigenvalue weighted by molar-refractivity contribution is 0.669. The molecule has 0 saturated heterocycles. The summed E-state index contributed by atoms with van der Waals surface area (Å²) >= 11 is 0. The van der Waals surface area contributed by atoms with Gasteiger partial charge in [0.05, 0.1) is 28.2 Å². The Morgan fingerprint density at radius 3 is 1.08 bits per heavy atom. The molecular weight excluding hydrogens is 913 g/mol. The van der Waals surface area contributed by atoms with Crippen LogP contribution in [0.1, 0.15) is 33.4 Å². The van der Waals surface area contributed by atoms with Crippen molar-refractivity contribution in [2.75, 3.05) is 9.80 Å². The van der Waals surface area contributed by atoms with E-state index in [0.717, 1.165) is 88.8 Å². The second-order valence-corrected chi connectivity index (χ2v) is 20.1. The highest BCUT2D eigenvalue weighted by atomic mass is 16.3. The molecule has 1 aliphatic rings. The van der Waals surface area contributed by atoms with Gasteiger partial charge in [0.1, 0.15) is 11.2 Å². The van der Waals surface area contributed by atoms with Gasteiger partial charge in [0, 0.05) is 43.7 Å². The van der Waals surface area contributed by atoms with Crippen LogP contribution in [0.4, 0.5) is 34.1 Å². The van der Waals surface area contributed by atoms with E-state index in [0.29, 0.717) is 0 Å². The molecule has 14 aromatic rings. The normalized spacial score (nSPS) is 12.8. The van der Waals surface area contributed by atoms with E-state index in [9.17, 15) is 0 Å². The Labute approximate surface area is 434 Å². The van der Waals surface area contributed by atoms with Crippen molar-refractivity contribution in [1.82, 2.24) is 0 Å². The number of anilines is 6. The summed E-state index contributed by atoms with van der Waals surface area (Å²) in [6, 6.07) is 93.1. The van der Waals surface area contributed by atoms with Gasteiger partial charge in [-0.15, -0.1) is 0 Å². The van der Waals surface area contributed by atoms with Crippen molar-refractivity contribution >= 4 is 99.5 Å². The standard InChI is InChI=1S/C71H48N2O2/c1-45-21-17-27-49(41-45)72(61-37-19-35-57-53-31-13-15-39-65(53)74-69(57)61)63-43-59-67(55-33-11-9-29-51(55)63)68-56-34-12-10-30-52(56)64(44-60(68)71(59,47-23-5-3-6-24-47)48-25-7-4-8-26-48)73(50-28-18-22-46(2)42-50)62-38-20-36-58-54-32-14-16-40-66(54)75-70(58)62/h3-44H,1-2H3. The van der Waals surface area contributed by atoms with E-state index >= 15 is 0 Å². The van der Waals surface area contributed by atoms with Gasteiger partial charge in [0.15, 0.2) is 11.2 Å². The molecule has 12 aromatic carbocycles. The van der Waals surface area contributed by atoms with Gasteiger partial charge in [-0.1, -0.05) is 194 Å². The van der Waals surface area contributed by atoms with Crippen molar-refractivity contribution < 1.29 is 8.83 Å². The lowest BCUT2D eigenvalue weighted by Crippen LogP contribution is -2.29. The van der Waals surface area contributed by atoms with Crippen LogP contribution in [0.2, 0.25) is 0 Å². The molecule has 0 saturated carbocycles. The van der Waals surface area contributed by atoms with Gasteiger partial charge in [0.2, 0.25) is 0 Å². The maximum Gasteiger partial charge on any atom is 0.159 e. The molecule has 4 heteroatoms. The third kappa shape index (κ3) is 6.36. The smallest absolute Gasteiger partial charge is 0.159 e. The Morgan fingerprint density at radius 2 is 0.653 bits per heavy atom. The molecule has 2 heterocycles. The predicted molar refractivity (Wildman–Crippen MR) is 312 cm³/mol. The average Bonchev–Trinajstić information content (AvgIpc) is 4.34. The summed E-state index contributed by atoms with van der Waals surface area (Å²) in [5, 5.41) is 8.98. The fourth-order valence-corrected chi connectivity index (χ4v) is 12.7. The highest BCUT2D eigenvalue weighted by Crippen LogP contribution is 2.63. The van der Waals surface area contributed by atoms with Gasteiger partial charge in [-0.2, -0.15) is 0 Å². The molecule has 0 N–H and O–H groups in total. The average molecular weight is 961 g/mol. The van der Waals surface area contributed by atoms with Crippen molar-refractivity contribution in [3.8, 4) is 11.1 Å². The second-order valence-electron chi connectivity index (χ2n) is 20.1.